The Bertz CT molecular complexity index is 722. The van der Waals surface area contributed by atoms with E-state index in [1.807, 2.05) is 18.2 Å². The molecular formula is C16H15BrN2O. The number of hydrogen-bond donors (Lipinski definition) is 1. The Labute approximate surface area is 125 Å². The standard InChI is InChI=1S/C16H15BrN2O/c17-12-9-13(18)16-14(10-12)19-15(20-16)8-4-7-11-5-2-1-3-6-11/h1-3,5-6,9-10H,4,7-8,18H2. The molecule has 0 atom stereocenters. The zero-order valence-corrected chi connectivity index (χ0v) is 12.6. The van der Waals surface area contributed by atoms with Crippen LogP contribution in [0, 0.1) is 0 Å². The number of nitrogens with zero attached hydrogens (tertiary/aromatic N) is 1. The highest BCUT2D eigenvalue weighted by molar-refractivity contribution is 9.10. The van der Waals surface area contributed by atoms with Crippen LogP contribution in [-0.2, 0) is 12.8 Å². The second-order valence-corrected chi connectivity index (χ2v) is 5.71. The first-order chi connectivity index (χ1) is 9.72. The molecular weight excluding hydrogens is 316 g/mol. The maximum atomic E-state index is 5.93. The summed E-state index contributed by atoms with van der Waals surface area (Å²) in [6.07, 6.45) is 2.86. The summed E-state index contributed by atoms with van der Waals surface area (Å²) in [5.41, 5.74) is 9.38. The molecule has 3 nitrogen and oxygen atoms in total. The molecule has 3 aromatic rings. The smallest absolute Gasteiger partial charge is 0.195 e. The Morgan fingerprint density at radius 2 is 1.90 bits per heavy atom. The molecule has 2 aromatic carbocycles. The summed E-state index contributed by atoms with van der Waals surface area (Å²) in [6, 6.07) is 14.2. The third-order valence-electron chi connectivity index (χ3n) is 3.23. The van der Waals surface area contributed by atoms with Gasteiger partial charge in [-0.15, -0.1) is 0 Å². The van der Waals surface area contributed by atoms with E-state index in [1.165, 1.54) is 5.56 Å². The van der Waals surface area contributed by atoms with Gasteiger partial charge in [-0.2, -0.15) is 0 Å². The van der Waals surface area contributed by atoms with Gasteiger partial charge in [-0.25, -0.2) is 4.98 Å². The summed E-state index contributed by atoms with van der Waals surface area (Å²) < 4.78 is 6.66. The number of halogens is 1. The van der Waals surface area contributed by atoms with E-state index in [2.05, 4.69) is 45.2 Å². The number of aryl methyl sites for hydroxylation is 2. The van der Waals surface area contributed by atoms with Crippen LogP contribution >= 0.6 is 15.9 Å². The van der Waals surface area contributed by atoms with Crippen LogP contribution in [0.15, 0.2) is 51.4 Å². The van der Waals surface area contributed by atoms with Crippen molar-refractivity contribution in [3.8, 4) is 0 Å². The van der Waals surface area contributed by atoms with Crippen LogP contribution in [0.25, 0.3) is 11.1 Å². The maximum Gasteiger partial charge on any atom is 0.195 e. The summed E-state index contributed by atoms with van der Waals surface area (Å²) in [7, 11) is 0. The van der Waals surface area contributed by atoms with E-state index in [0.29, 0.717) is 11.3 Å². The second kappa shape index (κ2) is 5.67. The van der Waals surface area contributed by atoms with Gasteiger partial charge in [0.15, 0.2) is 11.5 Å². The van der Waals surface area contributed by atoms with E-state index in [9.17, 15) is 0 Å². The number of nitrogens with two attached hydrogens (primary N) is 1. The molecule has 0 radical (unpaired) electrons. The zero-order valence-electron chi connectivity index (χ0n) is 11.0. The lowest BCUT2D eigenvalue weighted by Gasteiger charge is -1.98. The molecule has 4 heteroatoms. The molecule has 0 spiro atoms. The lowest BCUT2D eigenvalue weighted by atomic mass is 10.1. The number of fused-ring (bicyclic) bond motifs is 1. The van der Waals surface area contributed by atoms with Gasteiger partial charge in [0.2, 0.25) is 0 Å². The third kappa shape index (κ3) is 2.85. The fourth-order valence-corrected chi connectivity index (χ4v) is 2.73. The highest BCUT2D eigenvalue weighted by atomic mass is 79.9. The number of nitrogen functional groups attached to an aromatic ring is 1. The van der Waals surface area contributed by atoms with E-state index in [0.717, 1.165) is 35.1 Å². The summed E-state index contributed by atoms with van der Waals surface area (Å²) in [6.45, 7) is 0. The minimum absolute atomic E-state index is 0.621. The first-order valence-electron chi connectivity index (χ1n) is 6.61. The molecule has 0 unspecified atom stereocenters. The normalized spacial score (nSPS) is 11.1. The average molecular weight is 331 g/mol. The molecule has 1 heterocycles. The summed E-state index contributed by atoms with van der Waals surface area (Å²) in [5.74, 6) is 0.751. The van der Waals surface area contributed by atoms with Gasteiger partial charge < -0.3 is 10.2 Å². The fourth-order valence-electron chi connectivity index (χ4n) is 2.26. The van der Waals surface area contributed by atoms with Crippen molar-refractivity contribution < 1.29 is 4.42 Å². The van der Waals surface area contributed by atoms with Crippen LogP contribution in [0.4, 0.5) is 5.69 Å². The lowest BCUT2D eigenvalue weighted by Crippen LogP contribution is -1.89. The minimum atomic E-state index is 0.621. The van der Waals surface area contributed by atoms with Gasteiger partial charge in [0.05, 0.1) is 5.69 Å². The van der Waals surface area contributed by atoms with Crippen LogP contribution < -0.4 is 5.73 Å². The summed E-state index contributed by atoms with van der Waals surface area (Å²) in [4.78, 5) is 4.49. The summed E-state index contributed by atoms with van der Waals surface area (Å²) in [5, 5.41) is 0. The van der Waals surface area contributed by atoms with E-state index < -0.39 is 0 Å². The van der Waals surface area contributed by atoms with Gasteiger partial charge in [0.25, 0.3) is 0 Å². The summed E-state index contributed by atoms with van der Waals surface area (Å²) >= 11 is 3.41. The van der Waals surface area contributed by atoms with Crippen molar-refractivity contribution in [3.05, 3.63) is 58.4 Å². The Morgan fingerprint density at radius 3 is 2.70 bits per heavy atom. The number of anilines is 1. The van der Waals surface area contributed by atoms with Gasteiger partial charge >= 0.3 is 0 Å². The predicted octanol–water partition coefficient (Wildman–Crippen LogP) is 4.35. The molecule has 2 N–H and O–H groups in total. The highest BCUT2D eigenvalue weighted by Gasteiger charge is 2.09. The molecule has 0 aliphatic rings. The number of rotatable bonds is 4. The Morgan fingerprint density at radius 1 is 1.10 bits per heavy atom. The SMILES string of the molecule is Nc1cc(Br)cc2nc(CCCc3ccccc3)oc12. The third-order valence-corrected chi connectivity index (χ3v) is 3.68. The molecule has 0 amide bonds. The van der Waals surface area contributed by atoms with Crippen molar-refractivity contribution in [3.63, 3.8) is 0 Å². The van der Waals surface area contributed by atoms with Gasteiger partial charge in [-0.3, -0.25) is 0 Å². The maximum absolute atomic E-state index is 5.93. The molecule has 0 bridgehead atoms. The van der Waals surface area contributed by atoms with Crippen molar-refractivity contribution in [2.45, 2.75) is 19.3 Å². The Balaban J connectivity index is 1.70. The van der Waals surface area contributed by atoms with Crippen molar-refractivity contribution >= 4 is 32.7 Å². The Hall–Kier alpha value is -1.81. The van der Waals surface area contributed by atoms with Crippen molar-refractivity contribution in [2.75, 3.05) is 5.73 Å². The quantitative estimate of drug-likeness (QED) is 0.723. The van der Waals surface area contributed by atoms with Gasteiger partial charge in [0.1, 0.15) is 5.52 Å². The number of benzene rings is 2. The highest BCUT2D eigenvalue weighted by Crippen LogP contribution is 2.27. The van der Waals surface area contributed by atoms with E-state index in [1.54, 1.807) is 0 Å². The zero-order chi connectivity index (χ0) is 13.9. The van der Waals surface area contributed by atoms with Crippen molar-refractivity contribution in [1.29, 1.82) is 0 Å². The second-order valence-electron chi connectivity index (χ2n) is 4.79. The van der Waals surface area contributed by atoms with E-state index in [-0.39, 0.29) is 0 Å². The largest absolute Gasteiger partial charge is 0.439 e. The van der Waals surface area contributed by atoms with Gasteiger partial charge in [0, 0.05) is 10.9 Å². The topological polar surface area (TPSA) is 52.0 Å². The minimum Gasteiger partial charge on any atom is -0.439 e. The van der Waals surface area contributed by atoms with Crippen LogP contribution in [0.1, 0.15) is 17.9 Å². The van der Waals surface area contributed by atoms with Crippen molar-refractivity contribution in [2.24, 2.45) is 0 Å². The first kappa shape index (κ1) is 13.2. The van der Waals surface area contributed by atoms with Crippen LogP contribution in [0.3, 0.4) is 0 Å². The van der Waals surface area contributed by atoms with Crippen LogP contribution in [0.5, 0.6) is 0 Å². The predicted molar refractivity (Wildman–Crippen MR) is 84.6 cm³/mol. The number of oxazole rings is 1. The molecule has 0 aliphatic carbocycles. The lowest BCUT2D eigenvalue weighted by molar-refractivity contribution is 0.520. The molecule has 0 fully saturated rings. The monoisotopic (exact) mass is 330 g/mol. The number of hydrogen-bond acceptors (Lipinski definition) is 3. The molecule has 20 heavy (non-hydrogen) atoms. The molecule has 3 rings (SSSR count). The van der Waals surface area contributed by atoms with Crippen LogP contribution in [0.2, 0.25) is 0 Å². The van der Waals surface area contributed by atoms with E-state index >= 15 is 0 Å². The van der Waals surface area contributed by atoms with Gasteiger partial charge in [-0.1, -0.05) is 46.3 Å². The van der Waals surface area contributed by atoms with E-state index in [4.69, 9.17) is 10.2 Å². The van der Waals surface area contributed by atoms with Crippen LogP contribution in [-0.4, -0.2) is 4.98 Å². The Kier molecular flexibility index (Phi) is 3.74. The molecule has 0 aliphatic heterocycles. The molecule has 1 aromatic heterocycles. The average Bonchev–Trinajstić information content (AvgIpc) is 2.83. The molecule has 102 valence electrons. The van der Waals surface area contributed by atoms with Gasteiger partial charge in [-0.05, 0) is 30.5 Å². The fraction of sp³-hybridized carbons (Fsp3) is 0.188. The van der Waals surface area contributed by atoms with Crippen molar-refractivity contribution in [1.82, 2.24) is 4.98 Å². The number of aromatic nitrogens is 1. The first-order valence-corrected chi connectivity index (χ1v) is 7.40. The molecule has 0 saturated heterocycles. The molecule has 0 saturated carbocycles.